The van der Waals surface area contributed by atoms with Crippen LogP contribution >= 0.6 is 11.8 Å². The van der Waals surface area contributed by atoms with Crippen LogP contribution in [0.15, 0.2) is 52.1 Å². The summed E-state index contributed by atoms with van der Waals surface area (Å²) in [5.74, 6) is -0.749. The van der Waals surface area contributed by atoms with Crippen LogP contribution in [0.3, 0.4) is 0 Å². The van der Waals surface area contributed by atoms with Crippen LogP contribution < -0.4 is 5.73 Å². The standard InChI is InChI=1S/C20H22FN3O4S/c21-12-5-3-11(4-6-12)10-24-16-17(26)15(25)8-14(19(22)27)18(16)29-20(24)23-9-13-2-1-7-28-13/h1-7,14-18,25-26H,8-10H2,(H2,22,27). The first kappa shape index (κ1) is 19.9. The Kier molecular flexibility index (Phi) is 5.62. The molecule has 1 aliphatic heterocycles. The van der Waals surface area contributed by atoms with Gasteiger partial charge in [-0.2, -0.15) is 0 Å². The number of benzene rings is 1. The zero-order valence-electron chi connectivity index (χ0n) is 15.5. The number of hydrogen-bond acceptors (Lipinski definition) is 6. The Morgan fingerprint density at radius 3 is 2.72 bits per heavy atom. The van der Waals surface area contributed by atoms with E-state index in [1.807, 2.05) is 11.0 Å². The van der Waals surface area contributed by atoms with E-state index in [1.54, 1.807) is 24.5 Å². The van der Waals surface area contributed by atoms with Crippen molar-refractivity contribution in [3.63, 3.8) is 0 Å². The first-order valence-corrected chi connectivity index (χ1v) is 10.2. The number of hydrogen-bond donors (Lipinski definition) is 3. The van der Waals surface area contributed by atoms with Crippen LogP contribution in [0.4, 0.5) is 4.39 Å². The number of nitrogens with zero attached hydrogens (tertiary/aromatic N) is 2. The van der Waals surface area contributed by atoms with E-state index in [9.17, 15) is 19.4 Å². The van der Waals surface area contributed by atoms with Crippen molar-refractivity contribution in [3.8, 4) is 0 Å². The third-order valence-corrected chi connectivity index (χ3v) is 6.86. The summed E-state index contributed by atoms with van der Waals surface area (Å²) in [5, 5.41) is 21.3. The number of carbonyl (C=O) groups excluding carboxylic acids is 1. The zero-order valence-corrected chi connectivity index (χ0v) is 16.3. The molecule has 7 nitrogen and oxygen atoms in total. The molecule has 5 unspecified atom stereocenters. The largest absolute Gasteiger partial charge is 0.467 e. The number of aliphatic imine (C=N–C) groups is 1. The monoisotopic (exact) mass is 419 g/mol. The molecular weight excluding hydrogens is 397 g/mol. The topological polar surface area (TPSA) is 112 Å². The van der Waals surface area contributed by atoms with Crippen LogP contribution in [0, 0.1) is 11.7 Å². The molecule has 1 amide bonds. The molecular formula is C20H22FN3O4S. The van der Waals surface area contributed by atoms with Crippen LogP contribution in [0.2, 0.25) is 0 Å². The Labute approximate surface area is 171 Å². The quantitative estimate of drug-likeness (QED) is 0.677. The molecule has 4 rings (SSSR count). The summed E-state index contributed by atoms with van der Waals surface area (Å²) in [6.07, 6.45) is -0.439. The van der Waals surface area contributed by atoms with Gasteiger partial charge in [-0.05, 0) is 36.2 Å². The molecule has 0 spiro atoms. The molecule has 2 heterocycles. The van der Waals surface area contributed by atoms with Gasteiger partial charge in [0, 0.05) is 11.8 Å². The van der Waals surface area contributed by atoms with Crippen molar-refractivity contribution in [1.82, 2.24) is 4.90 Å². The normalized spacial score (nSPS) is 30.5. The number of thioether (sulfide) groups is 1. The lowest BCUT2D eigenvalue weighted by molar-refractivity contribution is -0.128. The lowest BCUT2D eigenvalue weighted by Crippen LogP contribution is -2.58. The fraction of sp³-hybridized carbons (Fsp3) is 0.400. The van der Waals surface area contributed by atoms with Gasteiger partial charge in [0.25, 0.3) is 0 Å². The molecule has 1 aromatic heterocycles. The van der Waals surface area contributed by atoms with Crippen LogP contribution in [0.25, 0.3) is 0 Å². The minimum absolute atomic E-state index is 0.112. The maximum Gasteiger partial charge on any atom is 0.221 e. The highest BCUT2D eigenvalue weighted by Gasteiger charge is 2.54. The maximum atomic E-state index is 13.3. The number of amidine groups is 1. The Morgan fingerprint density at radius 1 is 1.31 bits per heavy atom. The number of halogens is 1. The number of carbonyl (C=O) groups is 1. The van der Waals surface area contributed by atoms with Crippen molar-refractivity contribution in [2.45, 2.75) is 43.0 Å². The Hall–Kier alpha value is -2.36. The highest BCUT2D eigenvalue weighted by Crippen LogP contribution is 2.44. The predicted molar refractivity (Wildman–Crippen MR) is 106 cm³/mol. The Morgan fingerprint density at radius 2 is 2.07 bits per heavy atom. The third-order valence-electron chi connectivity index (χ3n) is 5.40. The van der Waals surface area contributed by atoms with E-state index >= 15 is 0 Å². The SMILES string of the molecule is NC(=O)C1CC(O)C(O)C2C1SC(=NCc1ccco1)N2Cc1ccc(F)cc1. The van der Waals surface area contributed by atoms with Gasteiger partial charge in [0.1, 0.15) is 17.7 Å². The van der Waals surface area contributed by atoms with Crippen molar-refractivity contribution < 1.29 is 23.8 Å². The summed E-state index contributed by atoms with van der Waals surface area (Å²) in [4.78, 5) is 18.5. The molecule has 9 heteroatoms. The summed E-state index contributed by atoms with van der Waals surface area (Å²) in [5.41, 5.74) is 6.40. The number of rotatable bonds is 5. The third kappa shape index (κ3) is 4.03. The van der Waals surface area contributed by atoms with Crippen LogP contribution in [-0.2, 0) is 17.9 Å². The second-order valence-corrected chi connectivity index (χ2v) is 8.45. The average molecular weight is 419 g/mol. The van der Waals surface area contributed by atoms with Crippen molar-refractivity contribution in [3.05, 3.63) is 59.8 Å². The molecule has 1 aliphatic carbocycles. The number of nitrogens with two attached hydrogens (primary N) is 1. The number of furan rings is 1. The second kappa shape index (κ2) is 8.17. The first-order valence-electron chi connectivity index (χ1n) is 9.34. The predicted octanol–water partition coefficient (Wildman–Crippen LogP) is 1.49. The minimum Gasteiger partial charge on any atom is -0.467 e. The molecule has 4 N–H and O–H groups in total. The van der Waals surface area contributed by atoms with Crippen LogP contribution in [0.5, 0.6) is 0 Å². The van der Waals surface area contributed by atoms with Crippen LogP contribution in [-0.4, -0.2) is 49.7 Å². The van der Waals surface area contributed by atoms with Gasteiger partial charge in [-0.1, -0.05) is 23.9 Å². The van der Waals surface area contributed by atoms with E-state index in [0.29, 0.717) is 24.0 Å². The Balaban J connectivity index is 1.67. The van der Waals surface area contributed by atoms with Gasteiger partial charge in [-0.3, -0.25) is 9.79 Å². The van der Waals surface area contributed by atoms with Crippen LogP contribution in [0.1, 0.15) is 17.7 Å². The first-order chi connectivity index (χ1) is 13.9. The molecule has 0 radical (unpaired) electrons. The molecule has 2 aromatic rings. The summed E-state index contributed by atoms with van der Waals surface area (Å²) >= 11 is 1.38. The molecule has 0 bridgehead atoms. The minimum atomic E-state index is -1.06. The van der Waals surface area contributed by atoms with Crippen molar-refractivity contribution in [2.24, 2.45) is 16.6 Å². The van der Waals surface area contributed by atoms with Gasteiger partial charge in [0.05, 0.1) is 30.9 Å². The van der Waals surface area contributed by atoms with Crippen molar-refractivity contribution >= 4 is 22.8 Å². The smallest absolute Gasteiger partial charge is 0.221 e. The molecule has 2 aliphatic rings. The van der Waals surface area contributed by atoms with Crippen molar-refractivity contribution in [2.75, 3.05) is 0 Å². The number of aliphatic hydroxyl groups excluding tert-OH is 2. The molecule has 2 fully saturated rings. The molecule has 1 aromatic carbocycles. The highest BCUT2D eigenvalue weighted by molar-refractivity contribution is 8.14. The van der Waals surface area contributed by atoms with Gasteiger partial charge in [0.15, 0.2) is 5.17 Å². The molecule has 5 atom stereocenters. The second-order valence-electron chi connectivity index (χ2n) is 7.31. The summed E-state index contributed by atoms with van der Waals surface area (Å²) in [7, 11) is 0. The molecule has 1 saturated heterocycles. The fourth-order valence-electron chi connectivity index (χ4n) is 3.94. The van der Waals surface area contributed by atoms with Gasteiger partial charge in [-0.25, -0.2) is 4.39 Å². The number of aliphatic hydroxyl groups is 2. The number of primary amides is 1. The molecule has 154 valence electrons. The maximum absolute atomic E-state index is 13.3. The van der Waals surface area contributed by atoms with E-state index in [0.717, 1.165) is 5.56 Å². The van der Waals surface area contributed by atoms with E-state index in [1.165, 1.54) is 23.9 Å². The van der Waals surface area contributed by atoms with Gasteiger partial charge >= 0.3 is 0 Å². The lowest BCUT2D eigenvalue weighted by atomic mass is 9.80. The van der Waals surface area contributed by atoms with Gasteiger partial charge in [0.2, 0.25) is 5.91 Å². The van der Waals surface area contributed by atoms with E-state index < -0.39 is 30.1 Å². The fourth-order valence-corrected chi connectivity index (χ4v) is 5.50. The zero-order chi connectivity index (χ0) is 20.5. The Bertz CT molecular complexity index is 890. The average Bonchev–Trinajstić information content (AvgIpc) is 3.33. The number of amides is 1. The summed E-state index contributed by atoms with van der Waals surface area (Å²) in [6, 6.07) is 9.11. The van der Waals surface area contributed by atoms with E-state index in [4.69, 9.17) is 10.2 Å². The highest BCUT2D eigenvalue weighted by atomic mass is 32.2. The van der Waals surface area contributed by atoms with Gasteiger partial charge in [-0.15, -0.1) is 0 Å². The molecule has 29 heavy (non-hydrogen) atoms. The summed E-state index contributed by atoms with van der Waals surface area (Å²) < 4.78 is 18.6. The van der Waals surface area contributed by atoms with E-state index in [2.05, 4.69) is 4.99 Å². The number of fused-ring (bicyclic) bond motifs is 1. The lowest BCUT2D eigenvalue weighted by Gasteiger charge is -2.41. The van der Waals surface area contributed by atoms with E-state index in [-0.39, 0.29) is 17.5 Å². The summed E-state index contributed by atoms with van der Waals surface area (Å²) in [6.45, 7) is 0.648. The van der Waals surface area contributed by atoms with Crippen molar-refractivity contribution in [1.29, 1.82) is 0 Å². The molecule has 1 saturated carbocycles. The van der Waals surface area contributed by atoms with Gasteiger partial charge < -0.3 is 25.3 Å².